The first-order valence-corrected chi connectivity index (χ1v) is 6.22. The second-order valence-electron chi connectivity index (χ2n) is 4.70. The van der Waals surface area contributed by atoms with Crippen LogP contribution in [-0.2, 0) is 0 Å². The number of benzene rings is 1. The summed E-state index contributed by atoms with van der Waals surface area (Å²) in [5, 5.41) is 2.99. The standard InChI is InChI=1S/C13H14F6N2O/c1-3-11(12(14,15)16,13(17,18)19)21-10(22)20-9-6-4-5-8(2)7-9/h4-7H,3H2,1-2H3,(H2,20,21,22). The molecule has 0 unspecified atom stereocenters. The maximum Gasteiger partial charge on any atom is 0.420 e. The fourth-order valence-corrected chi connectivity index (χ4v) is 1.87. The highest BCUT2D eigenvalue weighted by Gasteiger charge is 2.70. The molecule has 3 nitrogen and oxygen atoms in total. The molecule has 0 bridgehead atoms. The number of halogens is 6. The lowest BCUT2D eigenvalue weighted by Crippen LogP contribution is -2.67. The number of urea groups is 1. The zero-order valence-corrected chi connectivity index (χ0v) is 11.7. The Hall–Kier alpha value is -1.93. The van der Waals surface area contributed by atoms with Crippen molar-refractivity contribution in [1.29, 1.82) is 0 Å². The minimum absolute atomic E-state index is 0.0897. The smallest absolute Gasteiger partial charge is 0.316 e. The highest BCUT2D eigenvalue weighted by molar-refractivity contribution is 5.90. The van der Waals surface area contributed by atoms with Crippen LogP contribution in [0.25, 0.3) is 0 Å². The second kappa shape index (κ2) is 6.05. The van der Waals surface area contributed by atoms with Crippen molar-refractivity contribution in [1.82, 2.24) is 5.32 Å². The molecule has 1 aromatic carbocycles. The van der Waals surface area contributed by atoms with Crippen molar-refractivity contribution >= 4 is 11.7 Å². The lowest BCUT2D eigenvalue weighted by molar-refractivity contribution is -0.304. The Morgan fingerprint density at radius 2 is 1.64 bits per heavy atom. The molecule has 0 aliphatic rings. The van der Waals surface area contributed by atoms with Gasteiger partial charge in [0.25, 0.3) is 0 Å². The van der Waals surface area contributed by atoms with Crippen molar-refractivity contribution < 1.29 is 31.1 Å². The van der Waals surface area contributed by atoms with Gasteiger partial charge in [-0.15, -0.1) is 0 Å². The highest BCUT2D eigenvalue weighted by atomic mass is 19.4. The largest absolute Gasteiger partial charge is 0.420 e. The Morgan fingerprint density at radius 3 is 2.05 bits per heavy atom. The second-order valence-corrected chi connectivity index (χ2v) is 4.70. The van der Waals surface area contributed by atoms with E-state index in [4.69, 9.17) is 0 Å². The molecule has 0 saturated heterocycles. The molecule has 0 fully saturated rings. The van der Waals surface area contributed by atoms with E-state index in [2.05, 4.69) is 0 Å². The predicted octanol–water partition coefficient (Wildman–Crippen LogP) is 4.39. The molecule has 0 spiro atoms. The first-order chi connectivity index (χ1) is 9.93. The summed E-state index contributed by atoms with van der Waals surface area (Å²) < 4.78 is 77.2. The summed E-state index contributed by atoms with van der Waals surface area (Å²) in [6.07, 6.45) is -12.7. The Balaban J connectivity index is 3.03. The highest BCUT2D eigenvalue weighted by Crippen LogP contribution is 2.45. The Labute approximate surface area is 122 Å². The number of aryl methyl sites for hydroxylation is 1. The zero-order chi connectivity index (χ0) is 17.2. The summed E-state index contributed by atoms with van der Waals surface area (Å²) in [7, 11) is 0. The molecule has 0 aliphatic heterocycles. The number of hydrogen-bond acceptors (Lipinski definition) is 1. The Morgan fingerprint density at radius 1 is 1.09 bits per heavy atom. The molecule has 124 valence electrons. The molecular formula is C13H14F6N2O. The van der Waals surface area contributed by atoms with Crippen LogP contribution in [0.1, 0.15) is 18.9 Å². The van der Waals surface area contributed by atoms with Gasteiger partial charge in [-0.05, 0) is 31.0 Å². The molecule has 0 aliphatic carbocycles. The van der Waals surface area contributed by atoms with Crippen LogP contribution in [0.3, 0.4) is 0 Å². The van der Waals surface area contributed by atoms with Gasteiger partial charge in [0.15, 0.2) is 0 Å². The molecule has 2 amide bonds. The number of alkyl halides is 6. The summed E-state index contributed by atoms with van der Waals surface area (Å²) in [5.74, 6) is 0. The molecule has 0 heterocycles. The van der Waals surface area contributed by atoms with Crippen LogP contribution in [0.2, 0.25) is 0 Å². The number of anilines is 1. The van der Waals surface area contributed by atoms with Gasteiger partial charge in [-0.1, -0.05) is 19.1 Å². The Kier molecular flexibility index (Phi) is 4.99. The maximum absolute atomic E-state index is 12.9. The van der Waals surface area contributed by atoms with E-state index in [1.807, 2.05) is 5.32 Å². The molecule has 1 rings (SSSR count). The summed E-state index contributed by atoms with van der Waals surface area (Å²) in [4.78, 5) is 11.6. The fourth-order valence-electron chi connectivity index (χ4n) is 1.87. The topological polar surface area (TPSA) is 41.1 Å². The summed E-state index contributed by atoms with van der Waals surface area (Å²) in [6.45, 7) is 2.36. The molecule has 0 radical (unpaired) electrons. The number of hydrogen-bond donors (Lipinski definition) is 2. The molecule has 9 heteroatoms. The van der Waals surface area contributed by atoms with Crippen molar-refractivity contribution in [2.75, 3.05) is 5.32 Å². The number of amides is 2. The molecule has 2 N–H and O–H groups in total. The van der Waals surface area contributed by atoms with Crippen LogP contribution >= 0.6 is 0 Å². The van der Waals surface area contributed by atoms with E-state index in [1.54, 1.807) is 13.0 Å². The van der Waals surface area contributed by atoms with Gasteiger partial charge in [0, 0.05) is 5.69 Å². The van der Waals surface area contributed by atoms with Gasteiger partial charge >= 0.3 is 18.4 Å². The Bertz CT molecular complexity index is 524. The van der Waals surface area contributed by atoms with Crippen molar-refractivity contribution in [2.24, 2.45) is 0 Å². The van der Waals surface area contributed by atoms with E-state index in [0.29, 0.717) is 12.5 Å². The normalized spacial score (nSPS) is 12.9. The third-order valence-electron chi connectivity index (χ3n) is 3.10. The van der Waals surface area contributed by atoms with E-state index in [-0.39, 0.29) is 5.69 Å². The minimum atomic E-state index is -5.68. The lowest BCUT2D eigenvalue weighted by Gasteiger charge is -2.37. The van der Waals surface area contributed by atoms with Crippen LogP contribution in [0.5, 0.6) is 0 Å². The first-order valence-electron chi connectivity index (χ1n) is 6.22. The first kappa shape index (κ1) is 18.1. The van der Waals surface area contributed by atoms with E-state index in [1.165, 1.54) is 18.2 Å². The number of carbonyl (C=O) groups excluding carboxylic acids is 1. The third-order valence-corrected chi connectivity index (χ3v) is 3.10. The zero-order valence-electron chi connectivity index (χ0n) is 11.7. The SMILES string of the molecule is CCC(NC(=O)Nc1cccc(C)c1)(C(F)(F)F)C(F)(F)F. The quantitative estimate of drug-likeness (QED) is 0.794. The number of carbonyl (C=O) groups is 1. The van der Waals surface area contributed by atoms with Gasteiger partial charge in [-0.2, -0.15) is 26.3 Å². The van der Waals surface area contributed by atoms with Crippen molar-refractivity contribution in [3.8, 4) is 0 Å². The molecule has 0 aromatic heterocycles. The van der Waals surface area contributed by atoms with Crippen molar-refractivity contribution in [2.45, 2.75) is 38.2 Å². The van der Waals surface area contributed by atoms with Crippen molar-refractivity contribution in [3.05, 3.63) is 29.8 Å². The van der Waals surface area contributed by atoms with Crippen LogP contribution in [0.4, 0.5) is 36.8 Å². The van der Waals surface area contributed by atoms with Crippen molar-refractivity contribution in [3.63, 3.8) is 0 Å². The summed E-state index contributed by atoms with van der Waals surface area (Å²) in [6, 6.07) is 4.34. The van der Waals surface area contributed by atoms with Gasteiger partial charge in [0.05, 0.1) is 0 Å². The van der Waals surface area contributed by atoms with Crippen LogP contribution in [-0.4, -0.2) is 23.9 Å². The monoisotopic (exact) mass is 328 g/mol. The van der Waals surface area contributed by atoms with Crippen LogP contribution < -0.4 is 10.6 Å². The van der Waals surface area contributed by atoms with Gasteiger partial charge in [-0.25, -0.2) is 4.79 Å². The van der Waals surface area contributed by atoms with Crippen LogP contribution in [0, 0.1) is 6.92 Å². The molecule has 22 heavy (non-hydrogen) atoms. The lowest BCUT2D eigenvalue weighted by atomic mass is 9.94. The predicted molar refractivity (Wildman–Crippen MR) is 68.5 cm³/mol. The maximum atomic E-state index is 12.9. The van der Waals surface area contributed by atoms with Gasteiger partial charge in [0.1, 0.15) is 0 Å². The fraction of sp³-hybridized carbons (Fsp3) is 0.462. The molecule has 0 saturated carbocycles. The average molecular weight is 328 g/mol. The van der Waals surface area contributed by atoms with Gasteiger partial charge in [-0.3, -0.25) is 0 Å². The van der Waals surface area contributed by atoms with E-state index >= 15 is 0 Å². The van der Waals surface area contributed by atoms with E-state index in [0.717, 1.165) is 5.32 Å². The van der Waals surface area contributed by atoms with Gasteiger partial charge < -0.3 is 10.6 Å². The van der Waals surface area contributed by atoms with Gasteiger partial charge in [0.2, 0.25) is 5.54 Å². The minimum Gasteiger partial charge on any atom is -0.316 e. The molecular weight excluding hydrogens is 314 g/mol. The molecule has 1 aromatic rings. The summed E-state index contributed by atoms with van der Waals surface area (Å²) in [5.41, 5.74) is -3.52. The average Bonchev–Trinajstić information content (AvgIpc) is 2.32. The number of rotatable bonds is 3. The van der Waals surface area contributed by atoms with E-state index < -0.39 is 30.3 Å². The summed E-state index contributed by atoms with van der Waals surface area (Å²) >= 11 is 0. The third kappa shape index (κ3) is 3.63. The van der Waals surface area contributed by atoms with E-state index in [9.17, 15) is 31.1 Å². The van der Waals surface area contributed by atoms with Crippen LogP contribution in [0.15, 0.2) is 24.3 Å². The number of nitrogens with one attached hydrogen (secondary N) is 2. The molecule has 0 atom stereocenters.